The Kier molecular flexibility index (Phi) is 6.64. The van der Waals surface area contributed by atoms with E-state index in [2.05, 4.69) is 66.5 Å². The molecule has 0 aliphatic carbocycles. The number of benzene rings is 2. The summed E-state index contributed by atoms with van der Waals surface area (Å²) < 4.78 is 0. The van der Waals surface area contributed by atoms with Crippen LogP contribution in [0, 0.1) is 19.8 Å². The molecule has 1 aliphatic heterocycles. The van der Waals surface area contributed by atoms with Crippen molar-refractivity contribution in [1.29, 1.82) is 0 Å². The Morgan fingerprint density at radius 2 is 1.93 bits per heavy atom. The second-order valence-corrected chi connectivity index (χ2v) is 7.76. The monoisotopic (exact) mass is 365 g/mol. The van der Waals surface area contributed by atoms with Crippen molar-refractivity contribution in [2.24, 2.45) is 11.7 Å². The van der Waals surface area contributed by atoms with Crippen molar-refractivity contribution in [1.82, 2.24) is 10.2 Å². The fourth-order valence-electron chi connectivity index (χ4n) is 3.87. The molecule has 4 heteroatoms. The molecule has 1 unspecified atom stereocenters. The minimum atomic E-state index is -0.163. The highest BCUT2D eigenvalue weighted by Gasteiger charge is 2.23. The number of carbonyl (C=O) groups excluding carboxylic acids is 1. The number of rotatable bonds is 7. The van der Waals surface area contributed by atoms with E-state index in [-0.39, 0.29) is 11.8 Å². The summed E-state index contributed by atoms with van der Waals surface area (Å²) in [6.45, 7) is 8.78. The van der Waals surface area contributed by atoms with Gasteiger partial charge >= 0.3 is 0 Å². The molecule has 4 nitrogen and oxygen atoms in total. The van der Waals surface area contributed by atoms with Crippen molar-refractivity contribution >= 4 is 5.91 Å². The summed E-state index contributed by atoms with van der Waals surface area (Å²) in [5.41, 5.74) is 12.2. The summed E-state index contributed by atoms with van der Waals surface area (Å²) in [6.07, 6.45) is 1.97. The van der Waals surface area contributed by atoms with Crippen LogP contribution in [0.25, 0.3) is 0 Å². The maximum absolute atomic E-state index is 11.5. The molecule has 1 atom stereocenters. The maximum Gasteiger partial charge on any atom is 0.221 e. The first-order valence-electron chi connectivity index (χ1n) is 9.88. The Bertz CT molecular complexity index is 787. The van der Waals surface area contributed by atoms with Gasteiger partial charge in [-0.05, 0) is 61.1 Å². The highest BCUT2D eigenvalue weighted by Crippen LogP contribution is 2.19. The van der Waals surface area contributed by atoms with E-state index in [1.807, 2.05) is 0 Å². The topological polar surface area (TPSA) is 58.4 Å². The molecule has 3 N–H and O–H groups in total. The fourth-order valence-corrected chi connectivity index (χ4v) is 3.87. The molecule has 0 spiro atoms. The second-order valence-electron chi connectivity index (χ2n) is 7.76. The first-order chi connectivity index (χ1) is 13.0. The molecule has 0 aromatic heterocycles. The van der Waals surface area contributed by atoms with Gasteiger partial charge in [-0.2, -0.15) is 0 Å². The molecule has 144 valence electrons. The third-order valence-corrected chi connectivity index (χ3v) is 5.67. The van der Waals surface area contributed by atoms with Crippen molar-refractivity contribution in [3.8, 4) is 0 Å². The van der Waals surface area contributed by atoms with Gasteiger partial charge in [0.15, 0.2) is 0 Å². The molecule has 1 fully saturated rings. The minimum Gasteiger partial charge on any atom is -0.369 e. The largest absolute Gasteiger partial charge is 0.369 e. The Hall–Kier alpha value is -2.17. The second kappa shape index (κ2) is 9.16. The van der Waals surface area contributed by atoms with Gasteiger partial charge in [0, 0.05) is 26.2 Å². The first-order valence-corrected chi connectivity index (χ1v) is 9.88. The quantitative estimate of drug-likeness (QED) is 0.792. The number of likely N-dealkylation sites (tertiary alicyclic amines) is 1. The number of hydrogen-bond acceptors (Lipinski definition) is 3. The van der Waals surface area contributed by atoms with E-state index in [0.717, 1.165) is 45.6 Å². The van der Waals surface area contributed by atoms with Crippen LogP contribution in [0.3, 0.4) is 0 Å². The number of nitrogens with zero attached hydrogens (tertiary/aromatic N) is 1. The van der Waals surface area contributed by atoms with E-state index >= 15 is 0 Å². The van der Waals surface area contributed by atoms with Crippen LogP contribution in [-0.4, -0.2) is 23.9 Å². The molecule has 0 saturated carbocycles. The maximum atomic E-state index is 11.5. The molecule has 0 bridgehead atoms. The van der Waals surface area contributed by atoms with Gasteiger partial charge in [0.1, 0.15) is 0 Å². The molecule has 27 heavy (non-hydrogen) atoms. The number of aryl methyl sites for hydroxylation is 1. The number of nitrogens with one attached hydrogen (secondary N) is 1. The van der Waals surface area contributed by atoms with Crippen molar-refractivity contribution in [2.45, 2.75) is 46.3 Å². The summed E-state index contributed by atoms with van der Waals surface area (Å²) in [4.78, 5) is 13.8. The van der Waals surface area contributed by atoms with Crippen molar-refractivity contribution in [2.75, 3.05) is 13.1 Å². The normalized spacial score (nSPS) is 17.8. The lowest BCUT2D eigenvalue weighted by molar-refractivity contribution is -0.123. The van der Waals surface area contributed by atoms with Gasteiger partial charge in [-0.15, -0.1) is 0 Å². The number of amides is 1. The molecule has 1 heterocycles. The van der Waals surface area contributed by atoms with Crippen molar-refractivity contribution < 1.29 is 4.79 Å². The molecule has 2 aromatic rings. The summed E-state index contributed by atoms with van der Waals surface area (Å²) in [6, 6.07) is 15.2. The number of primary amides is 1. The van der Waals surface area contributed by atoms with Gasteiger partial charge in [-0.25, -0.2) is 0 Å². The molecule has 1 aliphatic rings. The lowest BCUT2D eigenvalue weighted by atomic mass is 9.97. The van der Waals surface area contributed by atoms with Gasteiger partial charge in [0.05, 0.1) is 5.92 Å². The highest BCUT2D eigenvalue weighted by atomic mass is 16.1. The van der Waals surface area contributed by atoms with Crippen LogP contribution in [0.2, 0.25) is 0 Å². The van der Waals surface area contributed by atoms with Crippen LogP contribution in [0.4, 0.5) is 0 Å². The predicted molar refractivity (Wildman–Crippen MR) is 110 cm³/mol. The Balaban J connectivity index is 1.54. The zero-order valence-electron chi connectivity index (χ0n) is 16.5. The SMILES string of the molecule is Cc1cccc(CNCc2cccc(CN3CCCC(C(N)=O)C3)c2)c1C. The van der Waals surface area contributed by atoms with Gasteiger partial charge in [0.25, 0.3) is 0 Å². The summed E-state index contributed by atoms with van der Waals surface area (Å²) >= 11 is 0. The summed E-state index contributed by atoms with van der Waals surface area (Å²) in [5.74, 6) is -0.162. The smallest absolute Gasteiger partial charge is 0.221 e. The lowest BCUT2D eigenvalue weighted by Crippen LogP contribution is -2.40. The molecule has 3 rings (SSSR count). The third kappa shape index (κ3) is 5.41. The number of hydrogen-bond donors (Lipinski definition) is 2. The minimum absolute atomic E-state index is 0.00108. The van der Waals surface area contributed by atoms with Crippen LogP contribution in [0.1, 0.15) is 40.7 Å². The van der Waals surface area contributed by atoms with Crippen LogP contribution in [0.5, 0.6) is 0 Å². The van der Waals surface area contributed by atoms with Crippen LogP contribution >= 0.6 is 0 Å². The zero-order valence-corrected chi connectivity index (χ0v) is 16.5. The zero-order chi connectivity index (χ0) is 19.2. The molecule has 1 amide bonds. The summed E-state index contributed by atoms with van der Waals surface area (Å²) in [5, 5.41) is 3.56. The van der Waals surface area contributed by atoms with Gasteiger partial charge in [-0.3, -0.25) is 9.69 Å². The Labute approximate surface area is 162 Å². The van der Waals surface area contributed by atoms with Crippen molar-refractivity contribution in [3.63, 3.8) is 0 Å². The van der Waals surface area contributed by atoms with Gasteiger partial charge in [-0.1, -0.05) is 42.5 Å². The van der Waals surface area contributed by atoms with E-state index in [1.54, 1.807) is 0 Å². The summed E-state index contributed by atoms with van der Waals surface area (Å²) in [7, 11) is 0. The molecule has 2 aromatic carbocycles. The van der Waals surface area contributed by atoms with Crippen LogP contribution in [0.15, 0.2) is 42.5 Å². The fraction of sp³-hybridized carbons (Fsp3) is 0.435. The Morgan fingerprint density at radius 3 is 2.74 bits per heavy atom. The van der Waals surface area contributed by atoms with Gasteiger partial charge < -0.3 is 11.1 Å². The lowest BCUT2D eigenvalue weighted by Gasteiger charge is -2.31. The van der Waals surface area contributed by atoms with E-state index in [1.165, 1.54) is 27.8 Å². The van der Waals surface area contributed by atoms with E-state index in [0.29, 0.717) is 0 Å². The third-order valence-electron chi connectivity index (χ3n) is 5.67. The van der Waals surface area contributed by atoms with Crippen LogP contribution in [-0.2, 0) is 24.4 Å². The van der Waals surface area contributed by atoms with E-state index in [9.17, 15) is 4.79 Å². The van der Waals surface area contributed by atoms with E-state index in [4.69, 9.17) is 5.73 Å². The first kappa shape index (κ1) is 19.6. The molecular weight excluding hydrogens is 334 g/mol. The van der Waals surface area contributed by atoms with E-state index < -0.39 is 0 Å². The Morgan fingerprint density at radius 1 is 1.15 bits per heavy atom. The number of carbonyl (C=O) groups is 1. The van der Waals surface area contributed by atoms with Crippen molar-refractivity contribution in [3.05, 3.63) is 70.3 Å². The number of piperidine rings is 1. The molecule has 1 saturated heterocycles. The highest BCUT2D eigenvalue weighted by molar-refractivity contribution is 5.76. The average molecular weight is 366 g/mol. The molecule has 0 radical (unpaired) electrons. The average Bonchev–Trinajstić information content (AvgIpc) is 2.66. The predicted octanol–water partition coefficient (Wildman–Crippen LogP) is 3.29. The number of nitrogens with two attached hydrogens (primary N) is 1. The standard InChI is InChI=1S/C23H31N3O/c1-17-6-3-9-21(18(17)2)14-25-13-19-7-4-8-20(12-19)15-26-11-5-10-22(16-26)23(24)27/h3-4,6-9,12,22,25H,5,10-11,13-16H2,1-2H3,(H2,24,27). The van der Waals surface area contributed by atoms with Gasteiger partial charge in [0.2, 0.25) is 5.91 Å². The molecular formula is C23H31N3O. The van der Waals surface area contributed by atoms with Crippen LogP contribution < -0.4 is 11.1 Å².